The molecule has 1 heterocycles. The van der Waals surface area contributed by atoms with Crippen LogP contribution in [0.2, 0.25) is 0 Å². The van der Waals surface area contributed by atoms with E-state index in [-0.39, 0.29) is 12.2 Å². The van der Waals surface area contributed by atoms with Gasteiger partial charge in [0.15, 0.2) is 0 Å². The first kappa shape index (κ1) is 22.9. The van der Waals surface area contributed by atoms with Crippen LogP contribution in [-0.4, -0.2) is 30.2 Å². The van der Waals surface area contributed by atoms with E-state index in [1.165, 1.54) is 0 Å². The Labute approximate surface area is 206 Å². The van der Waals surface area contributed by atoms with Crippen molar-refractivity contribution in [2.24, 2.45) is 0 Å². The Morgan fingerprint density at radius 2 is 1.17 bits per heavy atom. The van der Waals surface area contributed by atoms with Gasteiger partial charge in [-0.1, -0.05) is 121 Å². The van der Waals surface area contributed by atoms with Gasteiger partial charge in [-0.25, -0.2) is 4.79 Å². The fourth-order valence-corrected chi connectivity index (χ4v) is 4.72. The lowest BCUT2D eigenvalue weighted by Crippen LogP contribution is -2.44. The second kappa shape index (κ2) is 10.6. The van der Waals surface area contributed by atoms with Crippen LogP contribution in [0.3, 0.4) is 0 Å². The van der Waals surface area contributed by atoms with Crippen LogP contribution in [0.4, 0.5) is 4.79 Å². The molecule has 35 heavy (non-hydrogen) atoms. The maximum Gasteiger partial charge on any atom is 0.410 e. The predicted octanol–water partition coefficient (Wildman–Crippen LogP) is 6.41. The quantitative estimate of drug-likeness (QED) is 0.284. The van der Waals surface area contributed by atoms with Gasteiger partial charge in [0.1, 0.15) is 11.7 Å². The van der Waals surface area contributed by atoms with Crippen molar-refractivity contribution in [3.05, 3.63) is 144 Å². The van der Waals surface area contributed by atoms with Gasteiger partial charge in [-0.05, 0) is 22.3 Å². The third-order valence-corrected chi connectivity index (χ3v) is 6.49. The van der Waals surface area contributed by atoms with Crippen LogP contribution >= 0.6 is 0 Å². The molecule has 4 nitrogen and oxygen atoms in total. The molecule has 0 bridgehead atoms. The third kappa shape index (κ3) is 4.98. The molecule has 1 saturated heterocycles. The first-order valence-electron chi connectivity index (χ1n) is 12.1. The SMILES string of the molecule is O=C1O[C@@H](COC(c2ccccc2)(c2ccccc2)c2ccccc2)CCN1Cc1ccccc1. The molecule has 1 aliphatic rings. The van der Waals surface area contributed by atoms with Crippen molar-refractivity contribution in [2.45, 2.75) is 24.7 Å². The van der Waals surface area contributed by atoms with E-state index in [1.807, 2.05) is 84.9 Å². The number of carbonyl (C=O) groups excluding carboxylic acids is 1. The van der Waals surface area contributed by atoms with Crippen molar-refractivity contribution in [1.82, 2.24) is 4.90 Å². The van der Waals surface area contributed by atoms with Gasteiger partial charge < -0.3 is 14.4 Å². The molecule has 0 aliphatic carbocycles. The Kier molecular flexibility index (Phi) is 6.92. The number of benzene rings is 4. The second-order valence-electron chi connectivity index (χ2n) is 8.79. The van der Waals surface area contributed by atoms with Crippen LogP contribution in [0, 0.1) is 0 Å². The van der Waals surface area contributed by atoms with Gasteiger partial charge in [-0.3, -0.25) is 0 Å². The monoisotopic (exact) mass is 463 g/mol. The molecule has 4 heteroatoms. The second-order valence-corrected chi connectivity index (χ2v) is 8.79. The summed E-state index contributed by atoms with van der Waals surface area (Å²) < 4.78 is 12.7. The van der Waals surface area contributed by atoms with E-state index in [4.69, 9.17) is 9.47 Å². The standard InChI is InChI=1S/C31H29NO3/c33-30-32(23-25-13-5-1-6-14-25)22-21-29(35-30)24-34-31(26-15-7-2-8-16-26,27-17-9-3-10-18-27)28-19-11-4-12-20-28/h1-20,29H,21-24H2/t29-/m1/s1. The summed E-state index contributed by atoms with van der Waals surface area (Å²) in [6.07, 6.45) is 0.107. The largest absolute Gasteiger partial charge is 0.444 e. The molecular formula is C31H29NO3. The summed E-state index contributed by atoms with van der Waals surface area (Å²) in [5.74, 6) is 0. The summed E-state index contributed by atoms with van der Waals surface area (Å²) in [5, 5.41) is 0. The van der Waals surface area contributed by atoms with Gasteiger partial charge in [0, 0.05) is 19.5 Å². The lowest BCUT2D eigenvalue weighted by Gasteiger charge is -2.38. The van der Waals surface area contributed by atoms with E-state index in [9.17, 15) is 4.79 Å². The van der Waals surface area contributed by atoms with Crippen molar-refractivity contribution >= 4 is 6.09 Å². The van der Waals surface area contributed by atoms with E-state index in [0.717, 1.165) is 22.3 Å². The zero-order valence-corrected chi connectivity index (χ0v) is 19.6. The summed E-state index contributed by atoms with van der Waals surface area (Å²) in [4.78, 5) is 14.5. The van der Waals surface area contributed by atoms with Gasteiger partial charge >= 0.3 is 6.09 Å². The number of carbonyl (C=O) groups is 1. The average Bonchev–Trinajstić information content (AvgIpc) is 2.93. The van der Waals surface area contributed by atoms with Gasteiger partial charge in [0.05, 0.1) is 6.61 Å². The Hall–Kier alpha value is -3.89. The Morgan fingerprint density at radius 1 is 0.714 bits per heavy atom. The summed E-state index contributed by atoms with van der Waals surface area (Å²) in [6.45, 7) is 1.48. The van der Waals surface area contributed by atoms with Crippen molar-refractivity contribution in [3.8, 4) is 0 Å². The summed E-state index contributed by atoms with van der Waals surface area (Å²) in [6, 6.07) is 40.7. The molecule has 1 atom stereocenters. The molecule has 1 amide bonds. The molecule has 1 aliphatic heterocycles. The molecule has 5 rings (SSSR count). The maximum atomic E-state index is 12.8. The fourth-order valence-electron chi connectivity index (χ4n) is 4.72. The third-order valence-electron chi connectivity index (χ3n) is 6.49. The topological polar surface area (TPSA) is 38.8 Å². The highest BCUT2D eigenvalue weighted by Gasteiger charge is 2.39. The molecule has 0 saturated carbocycles. The molecule has 4 aromatic rings. The molecule has 176 valence electrons. The van der Waals surface area contributed by atoms with Crippen molar-refractivity contribution in [3.63, 3.8) is 0 Å². The van der Waals surface area contributed by atoms with E-state index >= 15 is 0 Å². The number of rotatable bonds is 8. The summed E-state index contributed by atoms with van der Waals surface area (Å²) in [7, 11) is 0. The van der Waals surface area contributed by atoms with Crippen LogP contribution in [0.15, 0.2) is 121 Å². The van der Waals surface area contributed by atoms with Crippen LogP contribution < -0.4 is 0 Å². The molecule has 0 aromatic heterocycles. The van der Waals surface area contributed by atoms with Crippen LogP contribution in [0.25, 0.3) is 0 Å². The fraction of sp³-hybridized carbons (Fsp3) is 0.194. The molecule has 0 spiro atoms. The van der Waals surface area contributed by atoms with Crippen LogP contribution in [0.5, 0.6) is 0 Å². The minimum atomic E-state index is -0.822. The van der Waals surface area contributed by atoms with Crippen molar-refractivity contribution < 1.29 is 14.3 Å². The van der Waals surface area contributed by atoms with Crippen LogP contribution in [0.1, 0.15) is 28.7 Å². The Balaban J connectivity index is 1.40. The number of cyclic esters (lactones) is 1. The van der Waals surface area contributed by atoms with Crippen molar-refractivity contribution in [1.29, 1.82) is 0 Å². The molecule has 0 unspecified atom stereocenters. The average molecular weight is 464 g/mol. The minimum absolute atomic E-state index is 0.293. The van der Waals surface area contributed by atoms with E-state index in [0.29, 0.717) is 26.1 Å². The highest BCUT2D eigenvalue weighted by Crippen LogP contribution is 2.40. The highest BCUT2D eigenvalue weighted by atomic mass is 16.6. The highest BCUT2D eigenvalue weighted by molar-refractivity contribution is 5.68. The normalized spacial score (nSPS) is 16.1. The molecule has 0 N–H and O–H groups in total. The minimum Gasteiger partial charge on any atom is -0.444 e. The van der Waals surface area contributed by atoms with E-state index in [1.54, 1.807) is 4.90 Å². The lowest BCUT2D eigenvalue weighted by atomic mass is 9.80. The summed E-state index contributed by atoms with van der Waals surface area (Å²) >= 11 is 0. The number of hydrogen-bond donors (Lipinski definition) is 0. The number of amides is 1. The van der Waals surface area contributed by atoms with E-state index in [2.05, 4.69) is 36.4 Å². The molecule has 0 radical (unpaired) electrons. The molecule has 4 aromatic carbocycles. The Bertz CT molecular complexity index is 1120. The zero-order valence-electron chi connectivity index (χ0n) is 19.6. The Morgan fingerprint density at radius 3 is 1.63 bits per heavy atom. The van der Waals surface area contributed by atoms with Gasteiger partial charge in [-0.2, -0.15) is 0 Å². The number of ether oxygens (including phenoxy) is 2. The van der Waals surface area contributed by atoms with Crippen molar-refractivity contribution in [2.75, 3.05) is 13.2 Å². The molecular weight excluding hydrogens is 434 g/mol. The van der Waals surface area contributed by atoms with Gasteiger partial charge in [-0.15, -0.1) is 0 Å². The zero-order chi connectivity index (χ0) is 23.9. The molecule has 1 fully saturated rings. The summed E-state index contributed by atoms with van der Waals surface area (Å²) in [5.41, 5.74) is 3.37. The van der Waals surface area contributed by atoms with Crippen LogP contribution in [-0.2, 0) is 21.6 Å². The first-order valence-corrected chi connectivity index (χ1v) is 12.1. The lowest BCUT2D eigenvalue weighted by molar-refractivity contribution is -0.0652. The number of hydrogen-bond acceptors (Lipinski definition) is 3. The smallest absolute Gasteiger partial charge is 0.410 e. The van der Waals surface area contributed by atoms with Gasteiger partial charge in [0.2, 0.25) is 0 Å². The predicted molar refractivity (Wildman–Crippen MR) is 137 cm³/mol. The maximum absolute atomic E-state index is 12.8. The first-order chi connectivity index (χ1) is 17.3. The number of nitrogens with zero attached hydrogens (tertiary/aromatic N) is 1. The van der Waals surface area contributed by atoms with E-state index < -0.39 is 5.60 Å². The van der Waals surface area contributed by atoms with Gasteiger partial charge in [0.25, 0.3) is 0 Å².